The zero-order valence-corrected chi connectivity index (χ0v) is 7.88. The van der Waals surface area contributed by atoms with Crippen LogP contribution in [0.3, 0.4) is 0 Å². The highest BCUT2D eigenvalue weighted by Crippen LogP contribution is 2.04. The molecule has 0 spiro atoms. The second-order valence-corrected chi connectivity index (χ2v) is 3.27. The molecule has 0 aliphatic carbocycles. The smallest absolute Gasteiger partial charge is 0.208 e. The molecule has 4 nitrogen and oxygen atoms in total. The summed E-state index contributed by atoms with van der Waals surface area (Å²) in [5.41, 5.74) is 3.06. The number of H-pyrrole nitrogens is 1. The quantitative estimate of drug-likeness (QED) is 0.651. The summed E-state index contributed by atoms with van der Waals surface area (Å²) in [4.78, 5) is 14.6. The van der Waals surface area contributed by atoms with E-state index in [2.05, 4.69) is 10.1 Å². The molecule has 0 aliphatic rings. The Bertz CT molecular complexity index is 521. The van der Waals surface area contributed by atoms with Crippen molar-refractivity contribution in [2.75, 3.05) is 0 Å². The maximum absolute atomic E-state index is 11.5. The first-order valence-electron chi connectivity index (χ1n) is 4.15. The Kier molecular flexibility index (Phi) is 1.52. The van der Waals surface area contributed by atoms with Crippen molar-refractivity contribution in [2.24, 2.45) is 0 Å². The van der Waals surface area contributed by atoms with Gasteiger partial charge in [-0.25, -0.2) is 4.52 Å². The van der Waals surface area contributed by atoms with Crippen LogP contribution in [0.15, 0.2) is 11.0 Å². The molecule has 0 radical (unpaired) electrons. The van der Waals surface area contributed by atoms with E-state index in [4.69, 9.17) is 0 Å². The molecule has 13 heavy (non-hydrogen) atoms. The Labute approximate surface area is 75.2 Å². The van der Waals surface area contributed by atoms with Crippen molar-refractivity contribution < 1.29 is 0 Å². The van der Waals surface area contributed by atoms with Gasteiger partial charge in [0.15, 0.2) is 0 Å². The third kappa shape index (κ3) is 1.06. The number of aromatic nitrogens is 3. The van der Waals surface area contributed by atoms with Gasteiger partial charge in [0.1, 0.15) is 11.3 Å². The summed E-state index contributed by atoms with van der Waals surface area (Å²) in [6.45, 7) is 5.47. The first-order valence-corrected chi connectivity index (χ1v) is 4.15. The minimum absolute atomic E-state index is 0.0156. The molecule has 2 rings (SSSR count). The monoisotopic (exact) mass is 177 g/mol. The fourth-order valence-electron chi connectivity index (χ4n) is 1.45. The average Bonchev–Trinajstić information content (AvgIpc) is 2.42. The molecule has 0 bridgehead atoms. The molecule has 0 aromatic carbocycles. The first kappa shape index (κ1) is 8.04. The highest BCUT2D eigenvalue weighted by Gasteiger charge is 2.06. The van der Waals surface area contributed by atoms with E-state index < -0.39 is 0 Å². The average molecular weight is 177 g/mol. The summed E-state index contributed by atoms with van der Waals surface area (Å²) in [6, 6.07) is 0. The molecule has 0 unspecified atom stereocenters. The van der Waals surface area contributed by atoms with Crippen molar-refractivity contribution in [3.05, 3.63) is 33.4 Å². The van der Waals surface area contributed by atoms with Gasteiger partial charge in [-0.3, -0.25) is 4.79 Å². The van der Waals surface area contributed by atoms with E-state index in [0.717, 1.165) is 16.9 Å². The molecule has 2 aromatic rings. The lowest BCUT2D eigenvalue weighted by molar-refractivity contribution is 0.880. The molecular formula is C9H11N3O. The van der Waals surface area contributed by atoms with Crippen LogP contribution in [0.4, 0.5) is 0 Å². The second-order valence-electron chi connectivity index (χ2n) is 3.27. The number of nitrogens with zero attached hydrogens (tertiary/aromatic N) is 2. The Hall–Kier alpha value is -1.58. The van der Waals surface area contributed by atoms with Crippen molar-refractivity contribution in [2.45, 2.75) is 20.8 Å². The Morgan fingerprint density at radius 2 is 2.08 bits per heavy atom. The number of rotatable bonds is 0. The third-order valence-corrected chi connectivity index (χ3v) is 2.14. The second kappa shape index (κ2) is 2.45. The Morgan fingerprint density at radius 1 is 1.38 bits per heavy atom. The zero-order valence-electron chi connectivity index (χ0n) is 7.88. The lowest BCUT2D eigenvalue weighted by atomic mass is 10.3. The number of aryl methyl sites for hydroxylation is 3. The minimum Gasteiger partial charge on any atom is -0.342 e. The zero-order chi connectivity index (χ0) is 9.59. The van der Waals surface area contributed by atoms with Gasteiger partial charge in [0, 0.05) is 17.5 Å². The molecule has 0 saturated heterocycles. The molecule has 2 heterocycles. The van der Waals surface area contributed by atoms with E-state index in [0.29, 0.717) is 5.69 Å². The molecule has 68 valence electrons. The van der Waals surface area contributed by atoms with Crippen LogP contribution in [-0.2, 0) is 0 Å². The van der Waals surface area contributed by atoms with Crippen LogP contribution in [-0.4, -0.2) is 14.6 Å². The summed E-state index contributed by atoms with van der Waals surface area (Å²) < 4.78 is 1.71. The summed E-state index contributed by atoms with van der Waals surface area (Å²) >= 11 is 0. The number of fused-ring (bicyclic) bond motifs is 1. The van der Waals surface area contributed by atoms with E-state index in [1.165, 1.54) is 0 Å². The predicted octanol–water partition coefficient (Wildman–Crippen LogP) is 0.948. The third-order valence-electron chi connectivity index (χ3n) is 2.14. The number of imidazole rings is 1. The van der Waals surface area contributed by atoms with Crippen LogP contribution in [0.2, 0.25) is 0 Å². The molecule has 0 atom stereocenters. The number of hydrogen-bond donors (Lipinski definition) is 1. The molecule has 2 aromatic heterocycles. The molecule has 0 fully saturated rings. The van der Waals surface area contributed by atoms with Gasteiger partial charge >= 0.3 is 0 Å². The maximum atomic E-state index is 11.5. The Balaban J connectivity index is 3.01. The van der Waals surface area contributed by atoms with Crippen LogP contribution in [0, 0.1) is 20.8 Å². The lowest BCUT2D eigenvalue weighted by Gasteiger charge is -1.97. The van der Waals surface area contributed by atoms with Gasteiger partial charge in [0.25, 0.3) is 0 Å². The van der Waals surface area contributed by atoms with Gasteiger partial charge in [-0.1, -0.05) is 0 Å². The summed E-state index contributed by atoms with van der Waals surface area (Å²) in [5, 5.41) is 4.13. The molecule has 0 saturated carbocycles. The fraction of sp³-hybridized carbons (Fsp3) is 0.333. The topological polar surface area (TPSA) is 50.2 Å². The van der Waals surface area contributed by atoms with Crippen LogP contribution in [0.5, 0.6) is 0 Å². The van der Waals surface area contributed by atoms with Crippen molar-refractivity contribution in [3.8, 4) is 0 Å². The van der Waals surface area contributed by atoms with E-state index in [1.54, 1.807) is 11.4 Å². The lowest BCUT2D eigenvalue weighted by Crippen LogP contribution is -2.14. The first-order chi connectivity index (χ1) is 6.09. The van der Waals surface area contributed by atoms with Gasteiger partial charge in [0.2, 0.25) is 5.43 Å². The summed E-state index contributed by atoms with van der Waals surface area (Å²) in [7, 11) is 0. The van der Waals surface area contributed by atoms with Crippen LogP contribution >= 0.6 is 0 Å². The Morgan fingerprint density at radius 3 is 2.77 bits per heavy atom. The van der Waals surface area contributed by atoms with Crippen molar-refractivity contribution in [1.29, 1.82) is 0 Å². The van der Waals surface area contributed by atoms with Gasteiger partial charge in [-0.05, 0) is 20.8 Å². The van der Waals surface area contributed by atoms with Gasteiger partial charge in [-0.2, -0.15) is 5.10 Å². The van der Waals surface area contributed by atoms with Crippen molar-refractivity contribution in [1.82, 2.24) is 14.6 Å². The van der Waals surface area contributed by atoms with E-state index >= 15 is 0 Å². The summed E-state index contributed by atoms with van der Waals surface area (Å²) in [5.74, 6) is 0. The number of aromatic amines is 1. The largest absolute Gasteiger partial charge is 0.342 e. The number of nitrogens with one attached hydrogen (secondary N) is 1. The van der Waals surface area contributed by atoms with Crippen LogP contribution in [0.25, 0.3) is 5.65 Å². The van der Waals surface area contributed by atoms with Gasteiger partial charge < -0.3 is 4.98 Å². The summed E-state index contributed by atoms with van der Waals surface area (Å²) in [6.07, 6.45) is 1.87. The van der Waals surface area contributed by atoms with Crippen LogP contribution in [0.1, 0.15) is 17.0 Å². The molecule has 0 amide bonds. The molecule has 0 aliphatic heterocycles. The standard InChI is InChI=1S/C9H11N3O/c1-5-4-12-9(10-5)6(2)8(13)7(3)11-12/h4,10H,1-3H3. The normalized spacial score (nSPS) is 11.0. The molecule has 4 heteroatoms. The van der Waals surface area contributed by atoms with Gasteiger partial charge in [0.05, 0.1) is 0 Å². The van der Waals surface area contributed by atoms with E-state index in [-0.39, 0.29) is 5.43 Å². The highest BCUT2D eigenvalue weighted by molar-refractivity contribution is 5.47. The van der Waals surface area contributed by atoms with Crippen molar-refractivity contribution >= 4 is 5.65 Å². The maximum Gasteiger partial charge on any atom is 0.208 e. The predicted molar refractivity (Wildman–Crippen MR) is 50.0 cm³/mol. The number of hydrogen-bond acceptors (Lipinski definition) is 2. The van der Waals surface area contributed by atoms with Gasteiger partial charge in [-0.15, -0.1) is 0 Å². The van der Waals surface area contributed by atoms with Crippen LogP contribution < -0.4 is 5.43 Å². The molecule has 1 N–H and O–H groups in total. The van der Waals surface area contributed by atoms with E-state index in [1.807, 2.05) is 20.0 Å². The fourth-order valence-corrected chi connectivity index (χ4v) is 1.45. The SMILES string of the molecule is Cc1cn2nc(C)c(=O)c(C)c2[nH]1. The minimum atomic E-state index is 0.0156. The molecular weight excluding hydrogens is 166 g/mol. The van der Waals surface area contributed by atoms with E-state index in [9.17, 15) is 4.79 Å². The van der Waals surface area contributed by atoms with Crippen molar-refractivity contribution in [3.63, 3.8) is 0 Å². The highest BCUT2D eigenvalue weighted by atomic mass is 16.1.